The molecule has 0 unspecified atom stereocenters. The number of benzene rings is 3. The Morgan fingerprint density at radius 1 is 0.739 bits per heavy atom. The van der Waals surface area contributed by atoms with Crippen LogP contribution in [0.3, 0.4) is 0 Å². The topological polar surface area (TPSA) is 0 Å². The van der Waals surface area contributed by atoms with Crippen LogP contribution in [0.1, 0.15) is 36.1 Å². The Hall–Kier alpha value is -2.34. The molecule has 0 N–H and O–H groups in total. The van der Waals surface area contributed by atoms with Crippen LogP contribution in [-0.4, -0.2) is 0 Å². The van der Waals surface area contributed by atoms with Gasteiger partial charge < -0.3 is 0 Å². The first-order valence-corrected chi connectivity index (χ1v) is 8.32. The van der Waals surface area contributed by atoms with Gasteiger partial charge in [-0.15, -0.1) is 0 Å². The fourth-order valence-electron chi connectivity index (χ4n) is 4.14. The summed E-state index contributed by atoms with van der Waals surface area (Å²) < 4.78 is 0. The summed E-state index contributed by atoms with van der Waals surface area (Å²) in [4.78, 5) is 0. The van der Waals surface area contributed by atoms with Crippen LogP contribution in [0.15, 0.2) is 60.7 Å². The van der Waals surface area contributed by atoms with Crippen molar-refractivity contribution in [3.05, 3.63) is 82.9 Å². The lowest BCUT2D eigenvalue weighted by atomic mass is 9.77. The molecule has 0 fully saturated rings. The summed E-state index contributed by atoms with van der Waals surface area (Å²) in [6, 6.07) is 22.1. The molecule has 0 aliphatic heterocycles. The second-order valence-corrected chi connectivity index (χ2v) is 7.15. The predicted molar refractivity (Wildman–Crippen MR) is 98.9 cm³/mol. The van der Waals surface area contributed by atoms with E-state index in [1.54, 1.807) is 0 Å². The average molecular weight is 298 g/mol. The van der Waals surface area contributed by atoms with E-state index in [1.165, 1.54) is 44.5 Å². The molecule has 114 valence electrons. The molecule has 3 aromatic carbocycles. The predicted octanol–water partition coefficient (Wildman–Crippen LogP) is 6.28. The largest absolute Gasteiger partial charge is 0.0622 e. The van der Waals surface area contributed by atoms with E-state index < -0.39 is 0 Å². The zero-order valence-electron chi connectivity index (χ0n) is 14.3. The molecular weight excluding hydrogens is 276 g/mol. The van der Waals surface area contributed by atoms with Gasteiger partial charge in [0.2, 0.25) is 0 Å². The molecule has 0 bridgehead atoms. The lowest BCUT2D eigenvalue weighted by Crippen LogP contribution is -2.17. The summed E-state index contributed by atoms with van der Waals surface area (Å²) in [6.07, 6.45) is 0. The Labute approximate surface area is 138 Å². The van der Waals surface area contributed by atoms with Crippen LogP contribution in [0.2, 0.25) is 0 Å². The molecule has 0 nitrogen and oxygen atoms in total. The maximum atomic E-state index is 2.38. The van der Waals surface area contributed by atoms with Gasteiger partial charge in [0.1, 0.15) is 0 Å². The number of fused-ring (bicyclic) bond motifs is 3. The van der Waals surface area contributed by atoms with Gasteiger partial charge in [0.25, 0.3) is 0 Å². The van der Waals surface area contributed by atoms with E-state index in [0.717, 1.165) is 0 Å². The van der Waals surface area contributed by atoms with Crippen molar-refractivity contribution in [1.29, 1.82) is 0 Å². The molecule has 1 aliphatic carbocycles. The summed E-state index contributed by atoms with van der Waals surface area (Å²) in [5.41, 5.74) is 11.3. The van der Waals surface area contributed by atoms with Gasteiger partial charge in [0.15, 0.2) is 0 Å². The van der Waals surface area contributed by atoms with Gasteiger partial charge in [-0.3, -0.25) is 0 Å². The lowest BCUT2D eigenvalue weighted by Gasteiger charge is -2.26. The molecule has 0 saturated carbocycles. The minimum Gasteiger partial charge on any atom is -0.0622 e. The summed E-state index contributed by atoms with van der Waals surface area (Å²) in [5.74, 6) is 0. The average Bonchev–Trinajstić information content (AvgIpc) is 2.78. The van der Waals surface area contributed by atoms with Crippen LogP contribution >= 0.6 is 0 Å². The summed E-state index contributed by atoms with van der Waals surface area (Å²) in [6.45, 7) is 9.21. The van der Waals surface area contributed by atoms with Crippen LogP contribution < -0.4 is 0 Å². The van der Waals surface area contributed by atoms with E-state index in [1.807, 2.05) is 0 Å². The van der Waals surface area contributed by atoms with Crippen LogP contribution in [0.25, 0.3) is 22.3 Å². The third-order valence-electron chi connectivity index (χ3n) is 5.42. The van der Waals surface area contributed by atoms with Crippen LogP contribution in [0, 0.1) is 13.8 Å². The van der Waals surface area contributed by atoms with Crippen molar-refractivity contribution in [3.63, 3.8) is 0 Å². The quantitative estimate of drug-likeness (QED) is 0.496. The second-order valence-electron chi connectivity index (χ2n) is 7.15. The van der Waals surface area contributed by atoms with Gasteiger partial charge in [0, 0.05) is 5.41 Å². The zero-order chi connectivity index (χ0) is 16.2. The minimum absolute atomic E-state index is 0.0373. The molecular formula is C23H22. The SMILES string of the molecule is Cc1cc2c(c(-c3ccccc3)c1C)C(C)(C)c1ccccc1-2. The highest BCUT2D eigenvalue weighted by Crippen LogP contribution is 2.53. The molecule has 3 aromatic rings. The first-order valence-electron chi connectivity index (χ1n) is 8.32. The van der Waals surface area contributed by atoms with Gasteiger partial charge in [-0.25, -0.2) is 0 Å². The van der Waals surface area contributed by atoms with Crippen LogP contribution in [0.5, 0.6) is 0 Å². The van der Waals surface area contributed by atoms with E-state index in [9.17, 15) is 0 Å². The van der Waals surface area contributed by atoms with Gasteiger partial charge in [-0.1, -0.05) is 74.5 Å². The molecule has 0 amide bonds. The first-order chi connectivity index (χ1) is 11.0. The Morgan fingerprint density at radius 3 is 2.13 bits per heavy atom. The maximum absolute atomic E-state index is 2.38. The van der Waals surface area contributed by atoms with Crippen molar-refractivity contribution in [1.82, 2.24) is 0 Å². The van der Waals surface area contributed by atoms with Gasteiger partial charge >= 0.3 is 0 Å². The Bertz CT molecular complexity index is 899. The second kappa shape index (κ2) is 4.83. The van der Waals surface area contributed by atoms with Crippen molar-refractivity contribution in [3.8, 4) is 22.3 Å². The molecule has 1 aliphatic rings. The van der Waals surface area contributed by atoms with E-state index in [2.05, 4.69) is 88.4 Å². The highest BCUT2D eigenvalue weighted by Gasteiger charge is 2.38. The molecule has 0 atom stereocenters. The third kappa shape index (κ3) is 1.91. The van der Waals surface area contributed by atoms with Crippen molar-refractivity contribution >= 4 is 0 Å². The number of aryl methyl sites for hydroxylation is 1. The van der Waals surface area contributed by atoms with E-state index in [-0.39, 0.29) is 5.41 Å². The van der Waals surface area contributed by atoms with Crippen molar-refractivity contribution < 1.29 is 0 Å². The van der Waals surface area contributed by atoms with Gasteiger partial charge in [-0.05, 0) is 58.4 Å². The first kappa shape index (κ1) is 14.3. The standard InChI is InChI=1S/C23H22/c1-15-14-19-18-12-8-9-13-20(18)23(3,4)22(19)21(16(15)2)17-10-6-5-7-11-17/h5-14H,1-4H3. The van der Waals surface area contributed by atoms with E-state index >= 15 is 0 Å². The lowest BCUT2D eigenvalue weighted by molar-refractivity contribution is 0.661. The fraction of sp³-hybridized carbons (Fsp3) is 0.217. The molecule has 4 rings (SSSR count). The fourth-order valence-corrected chi connectivity index (χ4v) is 4.14. The number of hydrogen-bond acceptors (Lipinski definition) is 0. The highest BCUT2D eigenvalue weighted by molar-refractivity contribution is 5.90. The smallest absolute Gasteiger partial charge is 0.0165 e. The molecule has 23 heavy (non-hydrogen) atoms. The Morgan fingerprint density at radius 2 is 1.39 bits per heavy atom. The molecule has 0 saturated heterocycles. The minimum atomic E-state index is 0.0373. The Balaban J connectivity index is 2.15. The van der Waals surface area contributed by atoms with Gasteiger partial charge in [-0.2, -0.15) is 0 Å². The van der Waals surface area contributed by atoms with Crippen LogP contribution in [0.4, 0.5) is 0 Å². The van der Waals surface area contributed by atoms with Gasteiger partial charge in [0.05, 0.1) is 0 Å². The maximum Gasteiger partial charge on any atom is 0.0165 e. The molecule has 0 heteroatoms. The van der Waals surface area contributed by atoms with E-state index in [4.69, 9.17) is 0 Å². The monoisotopic (exact) mass is 298 g/mol. The molecule has 0 aromatic heterocycles. The summed E-state index contributed by atoms with van der Waals surface area (Å²) in [7, 11) is 0. The van der Waals surface area contributed by atoms with Crippen molar-refractivity contribution in [2.45, 2.75) is 33.1 Å². The van der Waals surface area contributed by atoms with Crippen molar-refractivity contribution in [2.24, 2.45) is 0 Å². The van der Waals surface area contributed by atoms with Crippen LogP contribution in [-0.2, 0) is 5.41 Å². The highest BCUT2D eigenvalue weighted by atomic mass is 14.4. The summed E-state index contributed by atoms with van der Waals surface area (Å²) >= 11 is 0. The third-order valence-corrected chi connectivity index (χ3v) is 5.42. The zero-order valence-corrected chi connectivity index (χ0v) is 14.3. The molecule has 0 heterocycles. The Kier molecular flexibility index (Phi) is 2.99. The molecule has 0 spiro atoms. The van der Waals surface area contributed by atoms with E-state index in [0.29, 0.717) is 0 Å². The normalized spacial score (nSPS) is 14.4. The summed E-state index contributed by atoms with van der Waals surface area (Å²) in [5, 5.41) is 0. The number of rotatable bonds is 1. The number of hydrogen-bond donors (Lipinski definition) is 0. The van der Waals surface area contributed by atoms with Crippen molar-refractivity contribution in [2.75, 3.05) is 0 Å². The molecule has 0 radical (unpaired) electrons.